The molecule has 0 fully saturated rings. The number of carbonyl (C=O) groups is 2. The molecule has 0 radical (unpaired) electrons. The lowest BCUT2D eigenvalue weighted by molar-refractivity contribution is -0.121. The molecule has 0 atom stereocenters. The fourth-order valence-corrected chi connectivity index (χ4v) is 1.69. The predicted molar refractivity (Wildman–Crippen MR) is 72.8 cm³/mol. The Kier molecular flexibility index (Phi) is 5.41. The second-order valence-electron chi connectivity index (χ2n) is 4.50. The molecule has 0 bridgehead atoms. The van der Waals surface area contributed by atoms with Crippen molar-refractivity contribution in [2.75, 3.05) is 18.9 Å². The van der Waals surface area contributed by atoms with Gasteiger partial charge in [-0.1, -0.05) is 0 Å². The third-order valence-electron chi connectivity index (χ3n) is 2.57. The number of carbonyl (C=O) groups excluding carboxylic acids is 2. The summed E-state index contributed by atoms with van der Waals surface area (Å²) in [5.41, 5.74) is 6.60. The highest BCUT2D eigenvalue weighted by Crippen LogP contribution is 2.17. The van der Waals surface area contributed by atoms with Gasteiger partial charge in [-0.25, -0.2) is 4.79 Å². The number of anilines is 1. The monoisotopic (exact) mass is 267 g/mol. The summed E-state index contributed by atoms with van der Waals surface area (Å²) in [6, 6.07) is 1.69. The number of hydrogen-bond donors (Lipinski definition) is 2. The van der Waals surface area contributed by atoms with Crippen LogP contribution in [-0.4, -0.2) is 29.6 Å². The summed E-state index contributed by atoms with van der Waals surface area (Å²) in [7, 11) is 0. The lowest BCUT2D eigenvalue weighted by Gasteiger charge is -2.12. The molecule has 6 heteroatoms. The highest BCUT2D eigenvalue weighted by molar-refractivity contribution is 5.89. The third-order valence-corrected chi connectivity index (χ3v) is 2.57. The molecule has 1 aromatic rings. The average Bonchev–Trinajstić information content (AvgIpc) is 2.72. The van der Waals surface area contributed by atoms with Crippen LogP contribution in [0.1, 0.15) is 43.7 Å². The molecular formula is C13H21N3O3. The van der Waals surface area contributed by atoms with Gasteiger partial charge in [0.15, 0.2) is 0 Å². The smallest absolute Gasteiger partial charge is 0.355 e. The third kappa shape index (κ3) is 4.31. The van der Waals surface area contributed by atoms with Crippen molar-refractivity contribution in [3.63, 3.8) is 0 Å². The zero-order valence-corrected chi connectivity index (χ0v) is 11.6. The normalized spacial score (nSPS) is 10.5. The fourth-order valence-electron chi connectivity index (χ4n) is 1.69. The minimum absolute atomic E-state index is 0.0633. The van der Waals surface area contributed by atoms with Crippen LogP contribution >= 0.6 is 0 Å². The van der Waals surface area contributed by atoms with E-state index in [-0.39, 0.29) is 25.0 Å². The Morgan fingerprint density at radius 3 is 2.74 bits per heavy atom. The first-order valence-electron chi connectivity index (χ1n) is 6.36. The largest absolute Gasteiger partial charge is 0.460 e. The first-order valence-corrected chi connectivity index (χ1v) is 6.36. The predicted octanol–water partition coefficient (Wildman–Crippen LogP) is 1.33. The molecule has 3 N–H and O–H groups in total. The summed E-state index contributed by atoms with van der Waals surface area (Å²) in [6.45, 7) is 6.37. The van der Waals surface area contributed by atoms with E-state index in [0.29, 0.717) is 17.9 Å². The average molecular weight is 267 g/mol. The first-order chi connectivity index (χ1) is 8.95. The van der Waals surface area contributed by atoms with Gasteiger partial charge < -0.3 is 20.4 Å². The van der Waals surface area contributed by atoms with E-state index in [1.807, 2.05) is 20.8 Å². The summed E-state index contributed by atoms with van der Waals surface area (Å²) < 4.78 is 6.83. The van der Waals surface area contributed by atoms with Crippen LogP contribution in [0.25, 0.3) is 0 Å². The van der Waals surface area contributed by atoms with Gasteiger partial charge >= 0.3 is 5.97 Å². The van der Waals surface area contributed by atoms with Gasteiger partial charge in [0.2, 0.25) is 5.91 Å². The van der Waals surface area contributed by atoms with E-state index in [2.05, 4.69) is 5.32 Å². The molecular weight excluding hydrogens is 246 g/mol. The van der Waals surface area contributed by atoms with Crippen LogP contribution in [0.3, 0.4) is 0 Å². The van der Waals surface area contributed by atoms with Crippen LogP contribution in [-0.2, 0) is 9.53 Å². The Balaban J connectivity index is 2.56. The molecule has 0 aliphatic rings. The van der Waals surface area contributed by atoms with Crippen molar-refractivity contribution in [3.05, 3.63) is 18.0 Å². The van der Waals surface area contributed by atoms with Crippen molar-refractivity contribution >= 4 is 17.6 Å². The maximum Gasteiger partial charge on any atom is 0.355 e. The number of ether oxygens (including phenoxy) is 1. The topological polar surface area (TPSA) is 86.3 Å². The Hall–Kier alpha value is -1.98. The molecule has 1 amide bonds. The van der Waals surface area contributed by atoms with Crippen molar-refractivity contribution in [1.29, 1.82) is 0 Å². The SMILES string of the molecule is CCNC(=O)CCOC(=O)c1cc(N)cn1C(C)C. The quantitative estimate of drug-likeness (QED) is 0.761. The summed E-state index contributed by atoms with van der Waals surface area (Å²) in [5, 5.41) is 2.64. The lowest BCUT2D eigenvalue weighted by Crippen LogP contribution is -2.24. The van der Waals surface area contributed by atoms with Crippen molar-refractivity contribution in [2.45, 2.75) is 33.2 Å². The number of aromatic nitrogens is 1. The molecule has 0 saturated carbocycles. The van der Waals surface area contributed by atoms with E-state index < -0.39 is 5.97 Å². The second kappa shape index (κ2) is 6.82. The highest BCUT2D eigenvalue weighted by atomic mass is 16.5. The Labute approximate surface area is 112 Å². The van der Waals surface area contributed by atoms with Gasteiger partial charge in [0, 0.05) is 18.8 Å². The Bertz CT molecular complexity index is 452. The van der Waals surface area contributed by atoms with Crippen molar-refractivity contribution < 1.29 is 14.3 Å². The maximum absolute atomic E-state index is 11.9. The lowest BCUT2D eigenvalue weighted by atomic mass is 10.3. The van der Waals surface area contributed by atoms with E-state index >= 15 is 0 Å². The number of hydrogen-bond acceptors (Lipinski definition) is 4. The Morgan fingerprint density at radius 1 is 1.47 bits per heavy atom. The minimum Gasteiger partial charge on any atom is -0.460 e. The number of nitrogen functional groups attached to an aromatic ring is 1. The number of nitrogens with two attached hydrogens (primary N) is 1. The molecule has 0 saturated heterocycles. The fraction of sp³-hybridized carbons (Fsp3) is 0.538. The van der Waals surface area contributed by atoms with Crippen LogP contribution in [0.4, 0.5) is 5.69 Å². The van der Waals surface area contributed by atoms with Crippen LogP contribution < -0.4 is 11.1 Å². The molecule has 0 spiro atoms. The standard InChI is InChI=1S/C13H21N3O3/c1-4-15-12(17)5-6-19-13(18)11-7-10(14)8-16(11)9(2)3/h7-9H,4-6,14H2,1-3H3,(H,15,17). The molecule has 106 valence electrons. The van der Waals surface area contributed by atoms with Crippen LogP contribution in [0.5, 0.6) is 0 Å². The molecule has 0 aliphatic carbocycles. The van der Waals surface area contributed by atoms with E-state index in [0.717, 1.165) is 0 Å². The van der Waals surface area contributed by atoms with E-state index in [9.17, 15) is 9.59 Å². The van der Waals surface area contributed by atoms with E-state index in [1.165, 1.54) is 0 Å². The summed E-state index contributed by atoms with van der Waals surface area (Å²) in [4.78, 5) is 23.1. The number of nitrogens with one attached hydrogen (secondary N) is 1. The van der Waals surface area contributed by atoms with Gasteiger partial charge in [0.1, 0.15) is 12.3 Å². The van der Waals surface area contributed by atoms with Gasteiger partial charge in [0.25, 0.3) is 0 Å². The summed E-state index contributed by atoms with van der Waals surface area (Å²) >= 11 is 0. The highest BCUT2D eigenvalue weighted by Gasteiger charge is 2.16. The second-order valence-corrected chi connectivity index (χ2v) is 4.50. The molecule has 19 heavy (non-hydrogen) atoms. The van der Waals surface area contributed by atoms with Crippen LogP contribution in [0.15, 0.2) is 12.3 Å². The molecule has 1 rings (SSSR count). The van der Waals surface area contributed by atoms with Gasteiger partial charge in [-0.15, -0.1) is 0 Å². The first kappa shape index (κ1) is 15.1. The molecule has 1 aromatic heterocycles. The molecule has 0 unspecified atom stereocenters. The van der Waals surface area contributed by atoms with E-state index in [1.54, 1.807) is 16.8 Å². The van der Waals surface area contributed by atoms with Gasteiger partial charge in [0.05, 0.1) is 12.1 Å². The number of amides is 1. The molecule has 1 heterocycles. The number of nitrogens with zero attached hydrogens (tertiary/aromatic N) is 1. The zero-order valence-electron chi connectivity index (χ0n) is 11.6. The summed E-state index contributed by atoms with van der Waals surface area (Å²) in [6.07, 6.45) is 1.86. The van der Waals surface area contributed by atoms with Crippen molar-refractivity contribution in [2.24, 2.45) is 0 Å². The minimum atomic E-state index is -0.463. The van der Waals surface area contributed by atoms with Gasteiger partial charge in [-0.2, -0.15) is 0 Å². The number of esters is 1. The van der Waals surface area contributed by atoms with Gasteiger partial charge in [-0.05, 0) is 26.8 Å². The number of rotatable bonds is 6. The van der Waals surface area contributed by atoms with Crippen LogP contribution in [0, 0.1) is 0 Å². The van der Waals surface area contributed by atoms with Crippen LogP contribution in [0.2, 0.25) is 0 Å². The van der Waals surface area contributed by atoms with Gasteiger partial charge in [-0.3, -0.25) is 4.79 Å². The van der Waals surface area contributed by atoms with E-state index in [4.69, 9.17) is 10.5 Å². The van der Waals surface area contributed by atoms with Crippen molar-refractivity contribution in [1.82, 2.24) is 9.88 Å². The molecule has 0 aromatic carbocycles. The summed E-state index contributed by atoms with van der Waals surface area (Å²) in [5.74, 6) is -0.594. The zero-order chi connectivity index (χ0) is 14.4. The molecule has 6 nitrogen and oxygen atoms in total. The Morgan fingerprint density at radius 2 is 2.16 bits per heavy atom. The maximum atomic E-state index is 11.9. The molecule has 0 aliphatic heterocycles. The van der Waals surface area contributed by atoms with Crippen molar-refractivity contribution in [3.8, 4) is 0 Å².